The van der Waals surface area contributed by atoms with Crippen molar-refractivity contribution < 1.29 is 21.6 Å². The number of hydrogen-bond donors (Lipinski definition) is 2. The third-order valence-electron chi connectivity index (χ3n) is 4.08. The van der Waals surface area contributed by atoms with Gasteiger partial charge in [0.1, 0.15) is 0 Å². The molecule has 144 valence electrons. The molecule has 0 aliphatic carbocycles. The van der Waals surface area contributed by atoms with Crippen LogP contribution in [0.4, 0.5) is 17.1 Å². The normalized spacial score (nSPS) is 13.9. The molecule has 0 spiro atoms. The summed E-state index contributed by atoms with van der Waals surface area (Å²) in [7, 11) is -7.28. The van der Waals surface area contributed by atoms with Crippen LogP contribution < -0.4 is 14.3 Å². The molecule has 1 amide bonds. The Bertz CT molecular complexity index is 1090. The lowest BCUT2D eigenvalue weighted by molar-refractivity contribution is -0.114. The molecule has 2 aromatic carbocycles. The van der Waals surface area contributed by atoms with Crippen molar-refractivity contribution in [2.24, 2.45) is 0 Å². The van der Waals surface area contributed by atoms with Crippen LogP contribution in [0, 0.1) is 0 Å². The minimum Gasteiger partial charge on any atom is -0.326 e. The highest BCUT2D eigenvalue weighted by atomic mass is 32.2. The highest BCUT2D eigenvalue weighted by Crippen LogP contribution is 2.33. The van der Waals surface area contributed by atoms with E-state index in [1.54, 1.807) is 12.1 Å². The third kappa shape index (κ3) is 4.22. The van der Waals surface area contributed by atoms with Crippen LogP contribution in [0.2, 0.25) is 0 Å². The Morgan fingerprint density at radius 1 is 1.00 bits per heavy atom. The summed E-state index contributed by atoms with van der Waals surface area (Å²) in [6.07, 6.45) is 1.70. The van der Waals surface area contributed by atoms with Crippen LogP contribution in [0.3, 0.4) is 0 Å². The van der Waals surface area contributed by atoms with Gasteiger partial charge in [-0.25, -0.2) is 16.8 Å². The first kappa shape index (κ1) is 19.2. The van der Waals surface area contributed by atoms with Crippen molar-refractivity contribution in [1.29, 1.82) is 0 Å². The van der Waals surface area contributed by atoms with Crippen molar-refractivity contribution in [2.75, 3.05) is 27.1 Å². The summed E-state index contributed by atoms with van der Waals surface area (Å²) in [4.78, 5) is 11.1. The summed E-state index contributed by atoms with van der Waals surface area (Å²) in [6.45, 7) is 1.70. The minimum atomic E-state index is -3.86. The molecule has 1 aliphatic rings. The van der Waals surface area contributed by atoms with Crippen molar-refractivity contribution in [2.45, 2.75) is 18.2 Å². The molecule has 0 atom stereocenters. The number of carbonyl (C=O) groups is 1. The van der Waals surface area contributed by atoms with Crippen molar-refractivity contribution in [1.82, 2.24) is 0 Å². The van der Waals surface area contributed by atoms with Gasteiger partial charge in [0.05, 0.1) is 22.5 Å². The lowest BCUT2D eigenvalue weighted by Crippen LogP contribution is -2.27. The van der Waals surface area contributed by atoms with E-state index in [0.717, 1.165) is 11.8 Å². The molecule has 0 saturated carbocycles. The lowest BCUT2D eigenvalue weighted by atomic mass is 10.1. The standard InChI is InChI=1S/C17H19N3O5S2/c1-12(21)18-14-5-7-16(8-6-14)27(24,25)19-15-4-3-13-9-10-20(17(13)11-15)26(2,22)23/h3-8,11,19H,9-10H2,1-2H3,(H,18,21). The molecular weight excluding hydrogens is 390 g/mol. The fourth-order valence-corrected chi connectivity index (χ4v) is 4.89. The number of amides is 1. The molecule has 10 heteroatoms. The van der Waals surface area contributed by atoms with E-state index in [1.807, 2.05) is 0 Å². The quantitative estimate of drug-likeness (QED) is 0.781. The van der Waals surface area contributed by atoms with E-state index < -0.39 is 20.0 Å². The fourth-order valence-electron chi connectivity index (χ4n) is 2.89. The summed E-state index contributed by atoms with van der Waals surface area (Å²) in [6, 6.07) is 10.6. The first-order valence-corrected chi connectivity index (χ1v) is 11.4. The molecule has 0 saturated heterocycles. The van der Waals surface area contributed by atoms with E-state index in [-0.39, 0.29) is 16.5 Å². The van der Waals surface area contributed by atoms with Gasteiger partial charge in [0, 0.05) is 19.2 Å². The summed E-state index contributed by atoms with van der Waals surface area (Å²) in [5.41, 5.74) is 2.10. The van der Waals surface area contributed by atoms with Crippen molar-refractivity contribution in [3.8, 4) is 0 Å². The lowest BCUT2D eigenvalue weighted by Gasteiger charge is -2.17. The number of nitrogens with one attached hydrogen (secondary N) is 2. The van der Waals surface area contributed by atoms with E-state index in [0.29, 0.717) is 24.3 Å². The molecule has 0 fully saturated rings. The van der Waals surface area contributed by atoms with E-state index in [2.05, 4.69) is 10.0 Å². The van der Waals surface area contributed by atoms with E-state index in [9.17, 15) is 21.6 Å². The van der Waals surface area contributed by atoms with Gasteiger partial charge in [-0.3, -0.25) is 13.8 Å². The fraction of sp³-hybridized carbons (Fsp3) is 0.235. The van der Waals surface area contributed by atoms with Crippen LogP contribution in [-0.2, 0) is 31.3 Å². The summed E-state index contributed by atoms with van der Waals surface area (Å²) in [5.74, 6) is -0.252. The van der Waals surface area contributed by atoms with Gasteiger partial charge in [-0.1, -0.05) is 6.07 Å². The van der Waals surface area contributed by atoms with Crippen molar-refractivity contribution >= 4 is 43.0 Å². The summed E-state index contributed by atoms with van der Waals surface area (Å²) >= 11 is 0. The number of benzene rings is 2. The van der Waals surface area contributed by atoms with Gasteiger partial charge in [-0.05, 0) is 48.4 Å². The molecule has 2 aromatic rings. The van der Waals surface area contributed by atoms with Gasteiger partial charge in [-0.2, -0.15) is 0 Å². The predicted molar refractivity (Wildman–Crippen MR) is 104 cm³/mol. The van der Waals surface area contributed by atoms with Crippen LogP contribution in [0.1, 0.15) is 12.5 Å². The number of rotatable bonds is 5. The van der Waals surface area contributed by atoms with Gasteiger partial charge in [0.25, 0.3) is 10.0 Å². The van der Waals surface area contributed by atoms with Crippen molar-refractivity contribution in [3.63, 3.8) is 0 Å². The maximum absolute atomic E-state index is 12.6. The number of fused-ring (bicyclic) bond motifs is 1. The first-order chi connectivity index (χ1) is 12.6. The Morgan fingerprint density at radius 2 is 1.63 bits per heavy atom. The average molecular weight is 409 g/mol. The molecule has 0 unspecified atom stereocenters. The van der Waals surface area contributed by atoms with Crippen LogP contribution in [-0.4, -0.2) is 35.5 Å². The second-order valence-corrected chi connectivity index (χ2v) is 9.83. The molecule has 2 N–H and O–H groups in total. The number of anilines is 3. The van der Waals surface area contributed by atoms with Gasteiger partial charge in [-0.15, -0.1) is 0 Å². The first-order valence-electron chi connectivity index (χ1n) is 8.07. The molecular formula is C17H19N3O5S2. The molecule has 27 heavy (non-hydrogen) atoms. The highest BCUT2D eigenvalue weighted by Gasteiger charge is 2.27. The summed E-state index contributed by atoms with van der Waals surface area (Å²) in [5, 5.41) is 2.56. The van der Waals surface area contributed by atoms with Crippen molar-refractivity contribution in [3.05, 3.63) is 48.0 Å². The third-order valence-corrected chi connectivity index (χ3v) is 6.65. The van der Waals surface area contributed by atoms with E-state index in [1.165, 1.54) is 41.6 Å². The van der Waals surface area contributed by atoms with Crippen LogP contribution >= 0.6 is 0 Å². The largest absolute Gasteiger partial charge is 0.326 e. The zero-order valence-corrected chi connectivity index (χ0v) is 16.4. The van der Waals surface area contributed by atoms with Gasteiger partial charge < -0.3 is 5.32 Å². The second-order valence-electron chi connectivity index (χ2n) is 6.24. The molecule has 3 rings (SSSR count). The predicted octanol–water partition coefficient (Wildman–Crippen LogP) is 1.77. The van der Waals surface area contributed by atoms with Crippen LogP contribution in [0.15, 0.2) is 47.4 Å². The number of carbonyl (C=O) groups excluding carboxylic acids is 1. The Labute approximate surface area is 158 Å². The zero-order chi connectivity index (χ0) is 19.8. The van der Waals surface area contributed by atoms with Gasteiger partial charge >= 0.3 is 0 Å². The molecule has 0 radical (unpaired) electrons. The maximum Gasteiger partial charge on any atom is 0.261 e. The smallest absolute Gasteiger partial charge is 0.261 e. The van der Waals surface area contributed by atoms with E-state index in [4.69, 9.17) is 0 Å². The average Bonchev–Trinajstić information content (AvgIpc) is 2.97. The number of sulfonamides is 2. The topological polar surface area (TPSA) is 113 Å². The van der Waals surface area contributed by atoms with E-state index >= 15 is 0 Å². The van der Waals surface area contributed by atoms with Gasteiger partial charge in [0.2, 0.25) is 15.9 Å². The van der Waals surface area contributed by atoms with Crippen LogP contribution in [0.5, 0.6) is 0 Å². The molecule has 1 aliphatic heterocycles. The maximum atomic E-state index is 12.6. The Kier molecular flexibility index (Phi) is 4.87. The highest BCUT2D eigenvalue weighted by molar-refractivity contribution is 7.92. The number of nitrogens with zero attached hydrogens (tertiary/aromatic N) is 1. The minimum absolute atomic E-state index is 0.0251. The Balaban J connectivity index is 1.86. The van der Waals surface area contributed by atoms with Gasteiger partial charge in [0.15, 0.2) is 0 Å². The van der Waals surface area contributed by atoms with Crippen LogP contribution in [0.25, 0.3) is 0 Å². The molecule has 1 heterocycles. The molecule has 0 bridgehead atoms. The monoisotopic (exact) mass is 409 g/mol. The summed E-state index contributed by atoms with van der Waals surface area (Å²) < 4.78 is 52.7. The Hall–Kier alpha value is -2.59. The Morgan fingerprint density at radius 3 is 2.22 bits per heavy atom. The molecule has 0 aromatic heterocycles. The second kappa shape index (κ2) is 6.86. The SMILES string of the molecule is CC(=O)Nc1ccc(S(=O)(=O)Nc2ccc3c(c2)N(S(C)(=O)=O)CC3)cc1. The zero-order valence-electron chi connectivity index (χ0n) is 14.8. The number of hydrogen-bond acceptors (Lipinski definition) is 5. The molecule has 8 nitrogen and oxygen atoms in total.